The fourth-order valence-electron chi connectivity index (χ4n) is 1.85. The molecule has 0 aliphatic rings. The molecule has 0 aromatic carbocycles. The van der Waals surface area contributed by atoms with Crippen molar-refractivity contribution in [1.82, 2.24) is 0 Å². The summed E-state index contributed by atoms with van der Waals surface area (Å²) >= 11 is 0. The monoisotopic (exact) mass is 304 g/mol. The molecular formula is C19H28O3. The van der Waals surface area contributed by atoms with Gasteiger partial charge >= 0.3 is 5.97 Å². The fraction of sp³-hybridized carbons (Fsp3) is 0.421. The third kappa shape index (κ3) is 11.9. The Labute approximate surface area is 134 Å². The molecule has 0 heterocycles. The molecule has 3 heteroatoms. The van der Waals surface area contributed by atoms with E-state index in [0.29, 0.717) is 6.42 Å². The molecule has 0 fully saturated rings. The van der Waals surface area contributed by atoms with E-state index in [1.54, 1.807) is 6.08 Å². The van der Waals surface area contributed by atoms with Crippen LogP contribution in [0.15, 0.2) is 59.3 Å². The van der Waals surface area contributed by atoms with Crippen LogP contribution in [-0.2, 0) is 4.79 Å². The van der Waals surface area contributed by atoms with Gasteiger partial charge in [0.2, 0.25) is 0 Å². The fourth-order valence-corrected chi connectivity index (χ4v) is 1.85. The number of hydrogen-bond acceptors (Lipinski definition) is 2. The van der Waals surface area contributed by atoms with Gasteiger partial charge in [0.15, 0.2) is 0 Å². The van der Waals surface area contributed by atoms with Crippen molar-refractivity contribution in [2.45, 2.75) is 53.1 Å². The molecule has 0 spiro atoms. The van der Waals surface area contributed by atoms with Gasteiger partial charge in [-0.15, -0.1) is 0 Å². The van der Waals surface area contributed by atoms with E-state index in [9.17, 15) is 9.90 Å². The second kappa shape index (κ2) is 11.8. The molecule has 0 saturated carbocycles. The number of aliphatic hydroxyl groups excluding tert-OH is 1. The summed E-state index contributed by atoms with van der Waals surface area (Å²) in [6, 6.07) is 0. The standard InChI is InChI=1S/C19H28O3/c1-5-7-18(20)12-10-15(2)8-6-9-16(3)14-17(4)11-13-19(21)22/h6,8-11,13-14,18,20H,5,7,12H2,1-4H3,(H,21,22). The lowest BCUT2D eigenvalue weighted by atomic mass is 10.1. The van der Waals surface area contributed by atoms with Gasteiger partial charge in [0.1, 0.15) is 0 Å². The minimum Gasteiger partial charge on any atom is -0.478 e. The first kappa shape index (κ1) is 20.1. The molecule has 0 aromatic rings. The quantitative estimate of drug-likeness (QED) is 0.484. The van der Waals surface area contributed by atoms with Gasteiger partial charge in [-0.1, -0.05) is 66.5 Å². The highest BCUT2D eigenvalue weighted by molar-refractivity contribution is 5.80. The Hall–Kier alpha value is -1.87. The average molecular weight is 304 g/mol. The highest BCUT2D eigenvalue weighted by atomic mass is 16.4. The van der Waals surface area contributed by atoms with E-state index < -0.39 is 5.97 Å². The van der Waals surface area contributed by atoms with Crippen LogP contribution in [0.25, 0.3) is 0 Å². The van der Waals surface area contributed by atoms with Crippen molar-refractivity contribution in [2.75, 3.05) is 0 Å². The van der Waals surface area contributed by atoms with Gasteiger partial charge in [-0.25, -0.2) is 4.79 Å². The zero-order valence-corrected chi connectivity index (χ0v) is 14.0. The summed E-state index contributed by atoms with van der Waals surface area (Å²) in [5.41, 5.74) is 3.05. The van der Waals surface area contributed by atoms with Crippen LogP contribution in [0.4, 0.5) is 0 Å². The summed E-state index contributed by atoms with van der Waals surface area (Å²) in [6.07, 6.45) is 14.9. The molecule has 0 saturated heterocycles. The number of carbonyl (C=O) groups is 1. The van der Waals surface area contributed by atoms with Gasteiger partial charge in [-0.05, 0) is 33.6 Å². The van der Waals surface area contributed by atoms with E-state index in [1.165, 1.54) is 0 Å². The maximum absolute atomic E-state index is 10.4. The lowest BCUT2D eigenvalue weighted by molar-refractivity contribution is -0.131. The molecule has 22 heavy (non-hydrogen) atoms. The maximum atomic E-state index is 10.4. The van der Waals surface area contributed by atoms with E-state index in [1.807, 2.05) is 51.2 Å². The van der Waals surface area contributed by atoms with Crippen LogP contribution in [0.1, 0.15) is 47.0 Å². The van der Waals surface area contributed by atoms with Crippen molar-refractivity contribution in [2.24, 2.45) is 0 Å². The van der Waals surface area contributed by atoms with Gasteiger partial charge in [0.05, 0.1) is 6.10 Å². The first-order chi connectivity index (χ1) is 10.3. The van der Waals surface area contributed by atoms with Crippen LogP contribution in [0, 0.1) is 0 Å². The van der Waals surface area contributed by atoms with E-state index in [2.05, 4.69) is 6.92 Å². The minimum atomic E-state index is -0.944. The summed E-state index contributed by atoms with van der Waals surface area (Å²) in [5.74, 6) is -0.944. The number of allylic oxidation sites excluding steroid dienone is 8. The number of aliphatic carboxylic acids is 1. The first-order valence-corrected chi connectivity index (χ1v) is 7.64. The topological polar surface area (TPSA) is 57.5 Å². The van der Waals surface area contributed by atoms with Gasteiger partial charge in [-0.2, -0.15) is 0 Å². The maximum Gasteiger partial charge on any atom is 0.328 e. The van der Waals surface area contributed by atoms with Crippen molar-refractivity contribution in [3.8, 4) is 0 Å². The SMILES string of the molecule is CCCC(O)CC=C(C)C=CC=C(C)C=C(C)C=CC(=O)O. The Kier molecular flexibility index (Phi) is 10.8. The number of rotatable bonds is 9. The molecule has 3 nitrogen and oxygen atoms in total. The highest BCUT2D eigenvalue weighted by Gasteiger charge is 1.98. The molecule has 122 valence electrons. The Morgan fingerprint density at radius 2 is 1.73 bits per heavy atom. The van der Waals surface area contributed by atoms with Crippen LogP contribution >= 0.6 is 0 Å². The van der Waals surface area contributed by atoms with Crippen LogP contribution in [-0.4, -0.2) is 22.3 Å². The zero-order chi connectivity index (χ0) is 17.0. The Balaban J connectivity index is 4.52. The molecule has 2 N–H and O–H groups in total. The predicted octanol–water partition coefficient (Wildman–Crippen LogP) is 4.57. The van der Waals surface area contributed by atoms with Crippen molar-refractivity contribution in [1.29, 1.82) is 0 Å². The second-order valence-electron chi connectivity index (χ2n) is 5.46. The van der Waals surface area contributed by atoms with Crippen LogP contribution in [0.2, 0.25) is 0 Å². The van der Waals surface area contributed by atoms with Crippen LogP contribution in [0.5, 0.6) is 0 Å². The van der Waals surface area contributed by atoms with Gasteiger partial charge in [-0.3, -0.25) is 0 Å². The average Bonchev–Trinajstić information content (AvgIpc) is 2.43. The molecule has 0 amide bonds. The highest BCUT2D eigenvalue weighted by Crippen LogP contribution is 2.07. The molecule has 0 radical (unpaired) electrons. The first-order valence-electron chi connectivity index (χ1n) is 7.64. The summed E-state index contributed by atoms with van der Waals surface area (Å²) in [4.78, 5) is 10.4. The molecular weight excluding hydrogens is 276 g/mol. The number of carboxylic acids is 1. The van der Waals surface area contributed by atoms with Crippen molar-refractivity contribution in [3.63, 3.8) is 0 Å². The third-order valence-electron chi connectivity index (χ3n) is 3.00. The van der Waals surface area contributed by atoms with Crippen LogP contribution in [0.3, 0.4) is 0 Å². The Morgan fingerprint density at radius 3 is 2.32 bits per heavy atom. The molecule has 1 unspecified atom stereocenters. The predicted molar refractivity (Wildman–Crippen MR) is 92.7 cm³/mol. The Bertz CT molecular complexity index is 491. The lowest BCUT2D eigenvalue weighted by Gasteiger charge is -2.05. The number of aliphatic hydroxyl groups is 1. The normalized spacial score (nSPS) is 15.8. The van der Waals surface area contributed by atoms with Crippen molar-refractivity contribution in [3.05, 3.63) is 59.3 Å². The molecule has 0 aliphatic heterocycles. The van der Waals surface area contributed by atoms with E-state index >= 15 is 0 Å². The molecule has 0 aliphatic carbocycles. The molecule has 1 atom stereocenters. The van der Waals surface area contributed by atoms with Gasteiger partial charge in [0, 0.05) is 6.08 Å². The number of carboxylic acid groups (broad SMARTS) is 1. The molecule has 0 rings (SSSR count). The summed E-state index contributed by atoms with van der Waals surface area (Å²) in [7, 11) is 0. The summed E-state index contributed by atoms with van der Waals surface area (Å²) < 4.78 is 0. The summed E-state index contributed by atoms with van der Waals surface area (Å²) in [6.45, 7) is 7.90. The van der Waals surface area contributed by atoms with E-state index in [0.717, 1.165) is 35.6 Å². The van der Waals surface area contributed by atoms with Crippen LogP contribution < -0.4 is 0 Å². The smallest absolute Gasteiger partial charge is 0.328 e. The van der Waals surface area contributed by atoms with Gasteiger partial charge < -0.3 is 10.2 Å². The third-order valence-corrected chi connectivity index (χ3v) is 3.00. The lowest BCUT2D eigenvalue weighted by Crippen LogP contribution is -2.03. The van der Waals surface area contributed by atoms with E-state index in [4.69, 9.17) is 5.11 Å². The Morgan fingerprint density at radius 1 is 1.05 bits per heavy atom. The largest absolute Gasteiger partial charge is 0.478 e. The summed E-state index contributed by atoms with van der Waals surface area (Å²) in [5, 5.41) is 18.2. The van der Waals surface area contributed by atoms with Crippen molar-refractivity contribution >= 4 is 5.97 Å². The second-order valence-corrected chi connectivity index (χ2v) is 5.46. The van der Waals surface area contributed by atoms with Gasteiger partial charge in [0.25, 0.3) is 0 Å². The number of hydrogen-bond donors (Lipinski definition) is 2. The molecule has 0 bridgehead atoms. The van der Waals surface area contributed by atoms with Crippen molar-refractivity contribution < 1.29 is 15.0 Å². The molecule has 0 aromatic heterocycles. The zero-order valence-electron chi connectivity index (χ0n) is 14.0. The van der Waals surface area contributed by atoms with E-state index in [-0.39, 0.29) is 6.10 Å². The minimum absolute atomic E-state index is 0.253.